The van der Waals surface area contributed by atoms with Crippen LogP contribution >= 0.6 is 0 Å². The molecule has 0 unspecified atom stereocenters. The third-order valence-corrected chi connectivity index (χ3v) is 3.77. The van der Waals surface area contributed by atoms with Crippen LogP contribution in [0.2, 0.25) is 0 Å². The normalized spacial score (nSPS) is 34.6. The van der Waals surface area contributed by atoms with E-state index in [-0.39, 0.29) is 23.9 Å². The fourth-order valence-electron chi connectivity index (χ4n) is 2.77. The molecule has 0 aromatic rings. The summed E-state index contributed by atoms with van der Waals surface area (Å²) in [4.78, 5) is 25.5. The predicted molar refractivity (Wildman–Crippen MR) is 60.5 cm³/mol. The zero-order valence-electron chi connectivity index (χ0n) is 10.0. The van der Waals surface area contributed by atoms with Crippen molar-refractivity contribution in [3.8, 4) is 0 Å². The maximum Gasteiger partial charge on any atom is 0.235 e. The van der Waals surface area contributed by atoms with Crippen LogP contribution in [0.5, 0.6) is 0 Å². The monoisotopic (exact) mass is 224 g/mol. The summed E-state index contributed by atoms with van der Waals surface area (Å²) in [5.74, 6) is -0.0859. The number of imide groups is 1. The SMILES string of the molecule is CC1(C)CC(=O)N([C@@H]2CCCC[C@H]2N)C1=O. The molecule has 1 aliphatic heterocycles. The fraction of sp³-hybridized carbons (Fsp3) is 0.833. The van der Waals surface area contributed by atoms with E-state index in [0.29, 0.717) is 6.42 Å². The first-order valence-corrected chi connectivity index (χ1v) is 6.05. The first-order chi connectivity index (χ1) is 7.43. The molecular formula is C12H20N2O2. The Morgan fingerprint density at radius 1 is 1.25 bits per heavy atom. The van der Waals surface area contributed by atoms with Crippen molar-refractivity contribution in [2.75, 3.05) is 0 Å². The summed E-state index contributed by atoms with van der Waals surface area (Å²) in [6.07, 6.45) is 4.29. The molecular weight excluding hydrogens is 204 g/mol. The van der Waals surface area contributed by atoms with E-state index in [2.05, 4.69) is 0 Å². The van der Waals surface area contributed by atoms with E-state index in [4.69, 9.17) is 5.73 Å². The summed E-state index contributed by atoms with van der Waals surface area (Å²) in [6.45, 7) is 3.67. The van der Waals surface area contributed by atoms with Gasteiger partial charge in [-0.25, -0.2) is 0 Å². The molecule has 0 aromatic carbocycles. The molecule has 2 atom stereocenters. The van der Waals surface area contributed by atoms with Crippen molar-refractivity contribution in [3.05, 3.63) is 0 Å². The van der Waals surface area contributed by atoms with Crippen LogP contribution in [0, 0.1) is 5.41 Å². The number of likely N-dealkylation sites (tertiary alicyclic amines) is 1. The first kappa shape index (κ1) is 11.6. The van der Waals surface area contributed by atoms with Crippen molar-refractivity contribution in [2.45, 2.75) is 58.0 Å². The quantitative estimate of drug-likeness (QED) is 0.677. The van der Waals surface area contributed by atoms with Crippen LogP contribution in [0.25, 0.3) is 0 Å². The van der Waals surface area contributed by atoms with Crippen LogP contribution in [-0.2, 0) is 9.59 Å². The molecule has 4 heteroatoms. The van der Waals surface area contributed by atoms with E-state index >= 15 is 0 Å². The van der Waals surface area contributed by atoms with Gasteiger partial charge in [-0.1, -0.05) is 26.7 Å². The van der Waals surface area contributed by atoms with Crippen LogP contribution in [0.15, 0.2) is 0 Å². The lowest BCUT2D eigenvalue weighted by molar-refractivity contribution is -0.144. The van der Waals surface area contributed by atoms with Crippen molar-refractivity contribution in [3.63, 3.8) is 0 Å². The third-order valence-electron chi connectivity index (χ3n) is 3.77. The van der Waals surface area contributed by atoms with Crippen molar-refractivity contribution < 1.29 is 9.59 Å². The standard InChI is InChI=1S/C12H20N2O2/c1-12(2)7-10(15)14(11(12)16)9-6-4-3-5-8(9)13/h8-9H,3-7,13H2,1-2H3/t8-,9-/m1/s1. The van der Waals surface area contributed by atoms with Gasteiger partial charge in [-0.3, -0.25) is 14.5 Å². The second-order valence-corrected chi connectivity index (χ2v) is 5.65. The fourth-order valence-corrected chi connectivity index (χ4v) is 2.77. The van der Waals surface area contributed by atoms with Gasteiger partial charge < -0.3 is 5.73 Å². The largest absolute Gasteiger partial charge is 0.326 e. The van der Waals surface area contributed by atoms with Crippen LogP contribution < -0.4 is 5.73 Å². The highest BCUT2D eigenvalue weighted by Gasteiger charge is 2.48. The van der Waals surface area contributed by atoms with Gasteiger partial charge in [0.1, 0.15) is 0 Å². The van der Waals surface area contributed by atoms with Gasteiger partial charge in [0.05, 0.1) is 11.5 Å². The van der Waals surface area contributed by atoms with Gasteiger partial charge >= 0.3 is 0 Å². The van der Waals surface area contributed by atoms with Gasteiger partial charge in [0.15, 0.2) is 0 Å². The summed E-state index contributed by atoms with van der Waals surface area (Å²) in [6, 6.07) is -0.0916. The maximum atomic E-state index is 12.1. The van der Waals surface area contributed by atoms with Crippen LogP contribution in [-0.4, -0.2) is 28.8 Å². The minimum Gasteiger partial charge on any atom is -0.326 e. The number of rotatable bonds is 1. The van der Waals surface area contributed by atoms with Gasteiger partial charge in [0.25, 0.3) is 0 Å². The topological polar surface area (TPSA) is 63.4 Å². The highest BCUT2D eigenvalue weighted by molar-refractivity contribution is 6.05. The van der Waals surface area contributed by atoms with Gasteiger partial charge in [0, 0.05) is 12.5 Å². The number of carbonyl (C=O) groups excluding carboxylic acids is 2. The van der Waals surface area contributed by atoms with Gasteiger partial charge in [-0.15, -0.1) is 0 Å². The Balaban J connectivity index is 2.20. The van der Waals surface area contributed by atoms with E-state index in [1.807, 2.05) is 13.8 Å². The van der Waals surface area contributed by atoms with Crippen molar-refractivity contribution in [2.24, 2.45) is 11.1 Å². The molecule has 16 heavy (non-hydrogen) atoms. The molecule has 0 bridgehead atoms. The Morgan fingerprint density at radius 2 is 1.88 bits per heavy atom. The molecule has 0 spiro atoms. The van der Waals surface area contributed by atoms with E-state index in [0.717, 1.165) is 25.7 Å². The molecule has 0 aromatic heterocycles. The lowest BCUT2D eigenvalue weighted by Gasteiger charge is -2.35. The summed E-state index contributed by atoms with van der Waals surface area (Å²) in [5, 5.41) is 0. The van der Waals surface area contributed by atoms with Gasteiger partial charge in [-0.05, 0) is 12.8 Å². The van der Waals surface area contributed by atoms with Crippen molar-refractivity contribution in [1.29, 1.82) is 0 Å². The van der Waals surface area contributed by atoms with Crippen LogP contribution in [0.3, 0.4) is 0 Å². The molecule has 4 nitrogen and oxygen atoms in total. The Kier molecular flexibility index (Phi) is 2.78. The van der Waals surface area contributed by atoms with Crippen LogP contribution in [0.1, 0.15) is 46.0 Å². The molecule has 2 fully saturated rings. The Hall–Kier alpha value is -0.900. The zero-order valence-corrected chi connectivity index (χ0v) is 10.0. The number of nitrogens with two attached hydrogens (primary N) is 1. The molecule has 1 aliphatic carbocycles. The average Bonchev–Trinajstić information content (AvgIpc) is 2.39. The smallest absolute Gasteiger partial charge is 0.235 e. The molecule has 2 rings (SSSR count). The summed E-state index contributed by atoms with van der Waals surface area (Å²) < 4.78 is 0. The highest BCUT2D eigenvalue weighted by atomic mass is 16.2. The minimum absolute atomic E-state index is 0.0319. The molecule has 1 saturated heterocycles. The zero-order chi connectivity index (χ0) is 11.9. The molecule has 2 amide bonds. The third kappa shape index (κ3) is 1.75. The van der Waals surface area contributed by atoms with Crippen molar-refractivity contribution >= 4 is 11.8 Å². The number of amides is 2. The van der Waals surface area contributed by atoms with Gasteiger partial charge in [0.2, 0.25) is 11.8 Å². The number of hydrogen-bond acceptors (Lipinski definition) is 3. The molecule has 2 N–H and O–H groups in total. The second-order valence-electron chi connectivity index (χ2n) is 5.65. The molecule has 90 valence electrons. The van der Waals surface area contributed by atoms with E-state index in [1.54, 1.807) is 0 Å². The Bertz CT molecular complexity index is 325. The number of hydrogen-bond donors (Lipinski definition) is 1. The Labute approximate surface area is 96.2 Å². The number of nitrogens with zero attached hydrogens (tertiary/aromatic N) is 1. The minimum atomic E-state index is -0.533. The molecule has 2 aliphatic rings. The van der Waals surface area contributed by atoms with E-state index in [1.165, 1.54) is 4.90 Å². The lowest BCUT2D eigenvalue weighted by Crippen LogP contribution is -2.52. The predicted octanol–water partition coefficient (Wildman–Crippen LogP) is 1.04. The highest BCUT2D eigenvalue weighted by Crippen LogP contribution is 2.35. The van der Waals surface area contributed by atoms with Crippen LogP contribution in [0.4, 0.5) is 0 Å². The molecule has 0 radical (unpaired) electrons. The lowest BCUT2D eigenvalue weighted by atomic mass is 9.89. The number of carbonyl (C=O) groups is 2. The van der Waals surface area contributed by atoms with Gasteiger partial charge in [-0.2, -0.15) is 0 Å². The first-order valence-electron chi connectivity index (χ1n) is 6.05. The van der Waals surface area contributed by atoms with Crippen molar-refractivity contribution in [1.82, 2.24) is 4.90 Å². The second kappa shape index (κ2) is 3.84. The van der Waals surface area contributed by atoms with E-state index < -0.39 is 5.41 Å². The summed E-state index contributed by atoms with van der Waals surface area (Å²) >= 11 is 0. The summed E-state index contributed by atoms with van der Waals surface area (Å²) in [5.41, 5.74) is 5.49. The summed E-state index contributed by atoms with van der Waals surface area (Å²) in [7, 11) is 0. The Morgan fingerprint density at radius 3 is 2.38 bits per heavy atom. The van der Waals surface area contributed by atoms with E-state index in [9.17, 15) is 9.59 Å². The average molecular weight is 224 g/mol. The molecule has 1 heterocycles. The maximum absolute atomic E-state index is 12.1. The molecule has 1 saturated carbocycles.